The van der Waals surface area contributed by atoms with Crippen molar-refractivity contribution in [3.63, 3.8) is 0 Å². The molecule has 3 rings (SSSR count). The van der Waals surface area contributed by atoms with Gasteiger partial charge in [-0.1, -0.05) is 21.1 Å². The van der Waals surface area contributed by atoms with Crippen molar-refractivity contribution < 1.29 is 13.7 Å². The Morgan fingerprint density at radius 2 is 2.26 bits per heavy atom. The lowest BCUT2D eigenvalue weighted by atomic mass is 10.2. The Kier molecular flexibility index (Phi) is 3.58. The smallest absolute Gasteiger partial charge is 0.257 e. The van der Waals surface area contributed by atoms with Crippen molar-refractivity contribution in [2.75, 3.05) is 19.7 Å². The van der Waals surface area contributed by atoms with E-state index in [1.807, 2.05) is 0 Å². The zero-order chi connectivity index (χ0) is 13.2. The van der Waals surface area contributed by atoms with E-state index >= 15 is 0 Å². The van der Waals surface area contributed by atoms with Crippen molar-refractivity contribution in [1.82, 2.24) is 15.5 Å². The first-order valence-corrected chi connectivity index (χ1v) is 6.64. The van der Waals surface area contributed by atoms with Gasteiger partial charge in [-0.15, -0.1) is 0 Å². The van der Waals surface area contributed by atoms with E-state index in [-0.39, 0.29) is 11.9 Å². The molecule has 5 nitrogen and oxygen atoms in total. The van der Waals surface area contributed by atoms with E-state index in [9.17, 15) is 4.39 Å². The van der Waals surface area contributed by atoms with Gasteiger partial charge >= 0.3 is 0 Å². The highest BCUT2D eigenvalue weighted by Crippen LogP contribution is 2.24. The van der Waals surface area contributed by atoms with Gasteiger partial charge in [0.1, 0.15) is 11.9 Å². The van der Waals surface area contributed by atoms with Gasteiger partial charge in [0.05, 0.1) is 6.61 Å². The standard InChI is InChI=1S/C12H11BrFN3O2/c13-8-3-7(4-9(14)5-8)11-16-12(19-17-11)10-6-15-1-2-18-10/h3-5,10,15H,1-2,6H2. The van der Waals surface area contributed by atoms with Crippen molar-refractivity contribution in [1.29, 1.82) is 0 Å². The van der Waals surface area contributed by atoms with Crippen LogP contribution in [0.1, 0.15) is 12.0 Å². The van der Waals surface area contributed by atoms with E-state index in [0.29, 0.717) is 34.9 Å². The molecule has 7 heteroatoms. The van der Waals surface area contributed by atoms with Gasteiger partial charge in [0, 0.05) is 23.1 Å². The lowest BCUT2D eigenvalue weighted by molar-refractivity contribution is 0.00755. The largest absolute Gasteiger partial charge is 0.366 e. The second-order valence-corrected chi connectivity index (χ2v) is 5.09. The first-order chi connectivity index (χ1) is 9.22. The Bertz CT molecular complexity index is 564. The quantitative estimate of drug-likeness (QED) is 0.917. The molecule has 1 aromatic heterocycles. The maximum absolute atomic E-state index is 13.3. The predicted octanol–water partition coefficient (Wildman–Crippen LogP) is 2.30. The summed E-state index contributed by atoms with van der Waals surface area (Å²) >= 11 is 3.23. The van der Waals surface area contributed by atoms with Crippen LogP contribution in [-0.2, 0) is 4.74 Å². The third-order valence-electron chi connectivity index (χ3n) is 2.77. The normalized spacial score (nSPS) is 19.6. The van der Waals surface area contributed by atoms with Gasteiger partial charge in [-0.2, -0.15) is 4.98 Å². The summed E-state index contributed by atoms with van der Waals surface area (Å²) in [7, 11) is 0. The molecule has 1 fully saturated rings. The van der Waals surface area contributed by atoms with Crippen LogP contribution in [0.25, 0.3) is 11.4 Å². The highest BCUT2D eigenvalue weighted by molar-refractivity contribution is 9.10. The van der Waals surface area contributed by atoms with Crippen LogP contribution in [0.2, 0.25) is 0 Å². The second-order valence-electron chi connectivity index (χ2n) is 4.18. The van der Waals surface area contributed by atoms with Gasteiger partial charge in [-0.05, 0) is 18.2 Å². The molecule has 100 valence electrons. The maximum Gasteiger partial charge on any atom is 0.257 e. The highest BCUT2D eigenvalue weighted by atomic mass is 79.9. The minimum Gasteiger partial charge on any atom is -0.366 e. The van der Waals surface area contributed by atoms with E-state index in [1.165, 1.54) is 12.1 Å². The fraction of sp³-hybridized carbons (Fsp3) is 0.333. The molecule has 19 heavy (non-hydrogen) atoms. The second kappa shape index (κ2) is 5.36. The van der Waals surface area contributed by atoms with Crippen LogP contribution >= 0.6 is 15.9 Å². The van der Waals surface area contributed by atoms with Gasteiger partial charge < -0.3 is 14.6 Å². The number of halogens is 2. The highest BCUT2D eigenvalue weighted by Gasteiger charge is 2.22. The van der Waals surface area contributed by atoms with E-state index in [2.05, 4.69) is 31.4 Å². The fourth-order valence-corrected chi connectivity index (χ4v) is 2.36. The zero-order valence-corrected chi connectivity index (χ0v) is 11.5. The average Bonchev–Trinajstić information content (AvgIpc) is 2.88. The van der Waals surface area contributed by atoms with Crippen molar-refractivity contribution in [3.8, 4) is 11.4 Å². The number of ether oxygens (including phenoxy) is 1. The van der Waals surface area contributed by atoms with Crippen LogP contribution in [-0.4, -0.2) is 29.8 Å². The summed E-state index contributed by atoms with van der Waals surface area (Å²) < 4.78 is 24.6. The average molecular weight is 328 g/mol. The SMILES string of the molecule is Fc1cc(Br)cc(-c2noc(C3CNCCO3)n2)c1. The molecule has 1 N–H and O–H groups in total. The number of morpholine rings is 1. The maximum atomic E-state index is 13.3. The van der Waals surface area contributed by atoms with Crippen molar-refractivity contribution in [2.24, 2.45) is 0 Å². The molecule has 0 bridgehead atoms. The number of rotatable bonds is 2. The number of nitrogens with one attached hydrogen (secondary N) is 1. The molecular weight excluding hydrogens is 317 g/mol. The Hall–Kier alpha value is -1.31. The Morgan fingerprint density at radius 3 is 3.00 bits per heavy atom. The molecule has 0 aliphatic carbocycles. The molecule has 1 aromatic carbocycles. The topological polar surface area (TPSA) is 60.2 Å². The Morgan fingerprint density at radius 1 is 1.37 bits per heavy atom. The van der Waals surface area contributed by atoms with Crippen molar-refractivity contribution in [2.45, 2.75) is 6.10 Å². The summed E-state index contributed by atoms with van der Waals surface area (Å²) in [5.41, 5.74) is 0.561. The van der Waals surface area contributed by atoms with Gasteiger partial charge in [0.2, 0.25) is 5.82 Å². The summed E-state index contributed by atoms with van der Waals surface area (Å²) in [5, 5.41) is 7.04. The Balaban J connectivity index is 1.87. The first kappa shape index (κ1) is 12.7. The molecule has 0 amide bonds. The minimum atomic E-state index is -0.355. The van der Waals surface area contributed by atoms with Crippen LogP contribution in [0.5, 0.6) is 0 Å². The number of nitrogens with zero attached hydrogens (tertiary/aromatic N) is 2. The molecule has 2 heterocycles. The molecule has 1 atom stereocenters. The molecule has 2 aromatic rings. The van der Waals surface area contributed by atoms with E-state index < -0.39 is 0 Å². The molecular formula is C12H11BrFN3O2. The van der Waals surface area contributed by atoms with Crippen molar-refractivity contribution >= 4 is 15.9 Å². The molecule has 0 radical (unpaired) electrons. The molecule has 1 saturated heterocycles. The zero-order valence-electron chi connectivity index (χ0n) is 9.90. The molecule has 0 spiro atoms. The molecule has 1 aliphatic heterocycles. The minimum absolute atomic E-state index is 0.244. The van der Waals surface area contributed by atoms with E-state index in [4.69, 9.17) is 9.26 Å². The number of hydrogen-bond donors (Lipinski definition) is 1. The third kappa shape index (κ3) is 2.83. The monoisotopic (exact) mass is 327 g/mol. The summed E-state index contributed by atoms with van der Waals surface area (Å²) in [5.74, 6) is 0.401. The lowest BCUT2D eigenvalue weighted by Gasteiger charge is -2.19. The summed E-state index contributed by atoms with van der Waals surface area (Å²) in [6.45, 7) is 2.05. The van der Waals surface area contributed by atoms with Crippen LogP contribution in [0.15, 0.2) is 27.2 Å². The fourth-order valence-electron chi connectivity index (χ4n) is 1.89. The van der Waals surface area contributed by atoms with Crippen LogP contribution < -0.4 is 5.32 Å². The Labute approximate surface area is 117 Å². The number of hydrogen-bond acceptors (Lipinski definition) is 5. The van der Waals surface area contributed by atoms with Crippen LogP contribution in [0, 0.1) is 5.82 Å². The molecule has 0 saturated carbocycles. The lowest BCUT2D eigenvalue weighted by Crippen LogP contribution is -2.33. The summed E-state index contributed by atoms with van der Waals surface area (Å²) in [6, 6.07) is 4.47. The molecule has 1 unspecified atom stereocenters. The van der Waals surface area contributed by atoms with Gasteiger partial charge in [0.15, 0.2) is 0 Å². The predicted molar refractivity (Wildman–Crippen MR) is 69.0 cm³/mol. The van der Waals surface area contributed by atoms with Gasteiger partial charge in [-0.3, -0.25) is 0 Å². The third-order valence-corrected chi connectivity index (χ3v) is 3.22. The van der Waals surface area contributed by atoms with E-state index in [1.54, 1.807) is 6.07 Å². The van der Waals surface area contributed by atoms with Gasteiger partial charge in [0.25, 0.3) is 5.89 Å². The molecule has 1 aliphatic rings. The summed E-state index contributed by atoms with van der Waals surface area (Å²) in [4.78, 5) is 4.26. The van der Waals surface area contributed by atoms with E-state index in [0.717, 1.165) is 6.54 Å². The van der Waals surface area contributed by atoms with Crippen LogP contribution in [0.4, 0.5) is 4.39 Å². The van der Waals surface area contributed by atoms with Gasteiger partial charge in [-0.25, -0.2) is 4.39 Å². The number of benzene rings is 1. The first-order valence-electron chi connectivity index (χ1n) is 5.85. The van der Waals surface area contributed by atoms with Crippen LogP contribution in [0.3, 0.4) is 0 Å². The number of aromatic nitrogens is 2. The van der Waals surface area contributed by atoms with Crippen molar-refractivity contribution in [3.05, 3.63) is 34.4 Å². The summed E-state index contributed by atoms with van der Waals surface area (Å²) in [6.07, 6.45) is -0.244.